The highest BCUT2D eigenvalue weighted by atomic mass is 16.5. The van der Waals surface area contributed by atoms with Gasteiger partial charge < -0.3 is 26.0 Å². The highest BCUT2D eigenvalue weighted by Gasteiger charge is 2.32. The summed E-state index contributed by atoms with van der Waals surface area (Å²) in [5.74, 6) is 0.922. The molecule has 2 aliphatic carbocycles. The van der Waals surface area contributed by atoms with Crippen LogP contribution in [0.15, 0.2) is 65.4 Å². The van der Waals surface area contributed by atoms with Crippen molar-refractivity contribution in [1.29, 1.82) is 0 Å². The van der Waals surface area contributed by atoms with Gasteiger partial charge in [0.15, 0.2) is 0 Å². The van der Waals surface area contributed by atoms with Crippen LogP contribution in [0.2, 0.25) is 0 Å². The minimum atomic E-state index is -0.0741. The maximum atomic E-state index is 13.1. The van der Waals surface area contributed by atoms with Gasteiger partial charge in [-0.15, -0.1) is 0 Å². The molecule has 2 heterocycles. The van der Waals surface area contributed by atoms with Gasteiger partial charge in [0, 0.05) is 60.8 Å². The first-order chi connectivity index (χ1) is 20.5. The summed E-state index contributed by atoms with van der Waals surface area (Å²) in [4.78, 5) is 29.8. The lowest BCUT2D eigenvalue weighted by Crippen LogP contribution is -2.45. The van der Waals surface area contributed by atoms with Crippen molar-refractivity contribution in [2.75, 3.05) is 32.1 Å². The molecule has 1 aromatic heterocycles. The Labute approximate surface area is 247 Å². The molecule has 0 atom stereocenters. The van der Waals surface area contributed by atoms with E-state index in [1.165, 1.54) is 12.8 Å². The number of likely N-dealkylation sites (tertiary alicyclic amines) is 1. The minimum absolute atomic E-state index is 0.0741. The Balaban J connectivity index is 1.21. The number of aromatic nitrogens is 2. The third-order valence-corrected chi connectivity index (χ3v) is 8.31. The molecule has 1 aliphatic heterocycles. The number of nitrogens with one attached hydrogen (secondary N) is 2. The number of fused-ring (bicyclic) bond motifs is 1. The molecule has 3 aliphatic rings. The van der Waals surface area contributed by atoms with Crippen molar-refractivity contribution in [2.24, 2.45) is 10.7 Å². The number of rotatable bonds is 9. The zero-order valence-corrected chi connectivity index (χ0v) is 24.4. The average Bonchev–Trinajstić information content (AvgIpc) is 3.86. The second-order valence-corrected chi connectivity index (χ2v) is 11.2. The first-order valence-corrected chi connectivity index (χ1v) is 15.0. The molecule has 2 aromatic carbocycles. The Morgan fingerprint density at radius 1 is 1.07 bits per heavy atom. The smallest absolute Gasteiger partial charge is 0.251 e. The van der Waals surface area contributed by atoms with E-state index in [2.05, 4.69) is 25.5 Å². The number of anilines is 2. The maximum Gasteiger partial charge on any atom is 0.251 e. The fraction of sp³-hybridized carbons (Fsp3) is 0.394. The van der Waals surface area contributed by atoms with Crippen molar-refractivity contribution >= 4 is 28.8 Å². The Bertz CT molecular complexity index is 1510. The summed E-state index contributed by atoms with van der Waals surface area (Å²) in [5.41, 5.74) is 13.0. The maximum absolute atomic E-state index is 13.1. The molecular weight excluding hydrogens is 526 g/mol. The van der Waals surface area contributed by atoms with Crippen LogP contribution in [0.5, 0.6) is 5.75 Å². The van der Waals surface area contributed by atoms with Crippen LogP contribution < -0.4 is 21.1 Å². The molecule has 1 amide bonds. The molecular formula is C33H39N7O2. The van der Waals surface area contributed by atoms with Crippen LogP contribution in [-0.4, -0.2) is 65.3 Å². The van der Waals surface area contributed by atoms with Gasteiger partial charge in [0.1, 0.15) is 5.75 Å². The van der Waals surface area contributed by atoms with Gasteiger partial charge >= 0.3 is 0 Å². The number of ether oxygens (including phenoxy) is 1. The summed E-state index contributed by atoms with van der Waals surface area (Å²) in [7, 11) is 1.78. The Morgan fingerprint density at radius 2 is 1.86 bits per heavy atom. The van der Waals surface area contributed by atoms with Gasteiger partial charge in [0.25, 0.3) is 5.91 Å². The number of nitrogens with two attached hydrogens (primary N) is 1. The van der Waals surface area contributed by atoms with Crippen LogP contribution in [0.1, 0.15) is 66.2 Å². The predicted molar refractivity (Wildman–Crippen MR) is 166 cm³/mol. The summed E-state index contributed by atoms with van der Waals surface area (Å²) in [6.07, 6.45) is 7.97. The van der Waals surface area contributed by atoms with Crippen molar-refractivity contribution in [2.45, 2.75) is 57.5 Å². The lowest BCUT2D eigenvalue weighted by molar-refractivity contribution is 0.0908. The van der Waals surface area contributed by atoms with Crippen LogP contribution in [-0.2, 0) is 6.42 Å². The highest BCUT2D eigenvalue weighted by molar-refractivity contribution is 6.32. The van der Waals surface area contributed by atoms with Gasteiger partial charge in [-0.3, -0.25) is 9.79 Å². The number of amides is 1. The van der Waals surface area contributed by atoms with E-state index in [1.54, 1.807) is 13.1 Å². The quantitative estimate of drug-likeness (QED) is 0.322. The molecule has 1 saturated heterocycles. The zero-order chi connectivity index (χ0) is 29.1. The highest BCUT2D eigenvalue weighted by Crippen LogP contribution is 2.34. The normalized spacial score (nSPS) is 18.0. The SMILES string of the molecule is CCOc1cc(C(=O)NC2CCN(C3CC3)CC2)ccc1Nc1ncc2c(n1)C(C(=NC)c1ccccc1)=C(N)CC2. The van der Waals surface area contributed by atoms with Crippen LogP contribution >= 0.6 is 0 Å². The number of allylic oxidation sites excluding steroid dienone is 2. The van der Waals surface area contributed by atoms with E-state index in [-0.39, 0.29) is 11.9 Å². The molecule has 9 heteroatoms. The molecule has 0 unspecified atom stereocenters. The average molecular weight is 566 g/mol. The monoisotopic (exact) mass is 565 g/mol. The van der Waals surface area contributed by atoms with Crippen molar-refractivity contribution < 1.29 is 9.53 Å². The molecule has 0 bridgehead atoms. The zero-order valence-electron chi connectivity index (χ0n) is 24.4. The molecule has 0 spiro atoms. The number of hydrogen-bond donors (Lipinski definition) is 3. The first kappa shape index (κ1) is 27.9. The van der Waals surface area contributed by atoms with Crippen LogP contribution in [0.3, 0.4) is 0 Å². The number of nitrogens with zero attached hydrogens (tertiary/aromatic N) is 4. The third-order valence-electron chi connectivity index (χ3n) is 8.31. The van der Waals surface area contributed by atoms with Gasteiger partial charge in [0.05, 0.1) is 23.7 Å². The molecule has 42 heavy (non-hydrogen) atoms. The number of aryl methyl sites for hydroxylation is 1. The van der Waals surface area contributed by atoms with E-state index in [1.807, 2.05) is 55.6 Å². The van der Waals surface area contributed by atoms with Gasteiger partial charge in [-0.25, -0.2) is 9.97 Å². The number of hydrogen-bond acceptors (Lipinski definition) is 8. The van der Waals surface area contributed by atoms with Crippen molar-refractivity contribution in [1.82, 2.24) is 20.2 Å². The van der Waals surface area contributed by atoms with E-state index < -0.39 is 0 Å². The summed E-state index contributed by atoms with van der Waals surface area (Å²) >= 11 is 0. The van der Waals surface area contributed by atoms with Gasteiger partial charge in [-0.2, -0.15) is 0 Å². The van der Waals surface area contributed by atoms with Crippen LogP contribution in [0.4, 0.5) is 11.6 Å². The van der Waals surface area contributed by atoms with E-state index in [9.17, 15) is 4.79 Å². The van der Waals surface area contributed by atoms with Crippen LogP contribution in [0.25, 0.3) is 5.57 Å². The fourth-order valence-corrected chi connectivity index (χ4v) is 5.94. The number of aliphatic imine (C=N–C) groups is 1. The number of carbonyl (C=O) groups is 1. The summed E-state index contributed by atoms with van der Waals surface area (Å²) < 4.78 is 5.95. The molecule has 6 rings (SSSR count). The Hall–Kier alpha value is -4.24. The molecule has 218 valence electrons. The summed E-state index contributed by atoms with van der Waals surface area (Å²) in [6, 6.07) is 16.5. The lowest BCUT2D eigenvalue weighted by atomic mass is 9.88. The van der Waals surface area contributed by atoms with Crippen molar-refractivity contribution in [3.05, 3.63) is 82.8 Å². The summed E-state index contributed by atoms with van der Waals surface area (Å²) in [5, 5.41) is 6.55. The number of benzene rings is 2. The fourth-order valence-electron chi connectivity index (χ4n) is 5.94. The third kappa shape index (κ3) is 6.01. The van der Waals surface area contributed by atoms with Crippen molar-refractivity contribution in [3.63, 3.8) is 0 Å². The minimum Gasteiger partial charge on any atom is -0.492 e. The van der Waals surface area contributed by atoms with Crippen molar-refractivity contribution in [3.8, 4) is 5.75 Å². The number of carbonyl (C=O) groups excluding carboxylic acids is 1. The topological polar surface area (TPSA) is 118 Å². The molecule has 2 fully saturated rings. The molecule has 4 N–H and O–H groups in total. The van der Waals surface area contributed by atoms with E-state index in [4.69, 9.17) is 15.5 Å². The molecule has 9 nitrogen and oxygen atoms in total. The predicted octanol–water partition coefficient (Wildman–Crippen LogP) is 4.71. The van der Waals surface area contributed by atoms with E-state index in [0.29, 0.717) is 29.6 Å². The van der Waals surface area contributed by atoms with E-state index in [0.717, 1.165) is 78.6 Å². The number of piperidine rings is 1. The molecule has 1 saturated carbocycles. The molecule has 0 radical (unpaired) electrons. The van der Waals surface area contributed by atoms with Crippen LogP contribution in [0, 0.1) is 0 Å². The van der Waals surface area contributed by atoms with Gasteiger partial charge in [-0.05, 0) is 69.2 Å². The molecule has 3 aromatic rings. The largest absolute Gasteiger partial charge is 0.492 e. The lowest BCUT2D eigenvalue weighted by Gasteiger charge is -2.32. The second-order valence-electron chi connectivity index (χ2n) is 11.2. The first-order valence-electron chi connectivity index (χ1n) is 15.0. The Kier molecular flexibility index (Phi) is 8.19. The standard InChI is InChI=1S/C33H39N7O2/c1-3-42-28-19-22(32(41)37-24-15-17-40(18-16-24)25-11-12-25)10-14-27(28)38-33-36-20-23-9-13-26(34)29(31(23)39-33)30(35-2)21-7-5-4-6-8-21/h4-8,10,14,19-20,24-25H,3,9,11-13,15-18,34H2,1-2H3,(H,37,41)(H,36,38,39). The van der Waals surface area contributed by atoms with E-state index >= 15 is 0 Å². The van der Waals surface area contributed by atoms with Gasteiger partial charge in [0.2, 0.25) is 5.95 Å². The summed E-state index contributed by atoms with van der Waals surface area (Å²) in [6.45, 7) is 4.50. The second kappa shape index (κ2) is 12.3. The van der Waals surface area contributed by atoms with Gasteiger partial charge in [-0.1, -0.05) is 30.3 Å². The Morgan fingerprint density at radius 3 is 2.57 bits per heavy atom.